The average Bonchev–Trinajstić information content (AvgIpc) is 2.89. The van der Waals surface area contributed by atoms with Crippen LogP contribution < -0.4 is 5.32 Å². The number of rotatable bonds is 5. The molecule has 1 aromatic rings. The Morgan fingerprint density at radius 2 is 2.25 bits per heavy atom. The fraction of sp³-hybridized carbons (Fsp3) is 0.818. The molecule has 16 heavy (non-hydrogen) atoms. The van der Waals surface area contributed by atoms with Gasteiger partial charge in [-0.1, -0.05) is 18.1 Å². The van der Waals surface area contributed by atoms with E-state index in [4.69, 9.17) is 0 Å². The summed E-state index contributed by atoms with van der Waals surface area (Å²) < 4.78 is 2.22. The van der Waals surface area contributed by atoms with E-state index in [1.165, 1.54) is 25.7 Å². The SMILES string of the molecule is CSC1(CNCc2cn(C)nn2)CCCC1. The van der Waals surface area contributed by atoms with E-state index in [2.05, 4.69) is 21.9 Å². The fourth-order valence-corrected chi connectivity index (χ4v) is 3.31. The summed E-state index contributed by atoms with van der Waals surface area (Å²) in [6, 6.07) is 0. The lowest BCUT2D eigenvalue weighted by atomic mass is 10.1. The Kier molecular flexibility index (Phi) is 3.86. The molecule has 1 saturated carbocycles. The van der Waals surface area contributed by atoms with Crippen molar-refractivity contribution in [3.05, 3.63) is 11.9 Å². The first kappa shape index (κ1) is 11.9. The summed E-state index contributed by atoms with van der Waals surface area (Å²) in [7, 11) is 1.90. The zero-order valence-corrected chi connectivity index (χ0v) is 10.9. The Hall–Kier alpha value is -0.550. The average molecular weight is 240 g/mol. The van der Waals surface area contributed by atoms with E-state index in [9.17, 15) is 0 Å². The molecule has 1 heterocycles. The lowest BCUT2D eigenvalue weighted by Crippen LogP contribution is -2.34. The van der Waals surface area contributed by atoms with Crippen molar-refractivity contribution in [1.82, 2.24) is 20.3 Å². The van der Waals surface area contributed by atoms with Crippen molar-refractivity contribution in [1.29, 1.82) is 0 Å². The van der Waals surface area contributed by atoms with E-state index in [0.717, 1.165) is 18.8 Å². The van der Waals surface area contributed by atoms with Crippen molar-refractivity contribution in [2.45, 2.75) is 37.0 Å². The summed E-state index contributed by atoms with van der Waals surface area (Å²) in [6.45, 7) is 1.92. The van der Waals surface area contributed by atoms with Crippen molar-refractivity contribution in [2.75, 3.05) is 12.8 Å². The lowest BCUT2D eigenvalue weighted by Gasteiger charge is -2.26. The van der Waals surface area contributed by atoms with E-state index < -0.39 is 0 Å². The van der Waals surface area contributed by atoms with Gasteiger partial charge >= 0.3 is 0 Å². The van der Waals surface area contributed by atoms with Gasteiger partial charge in [0.25, 0.3) is 0 Å². The molecular weight excluding hydrogens is 220 g/mol. The van der Waals surface area contributed by atoms with Crippen molar-refractivity contribution in [3.8, 4) is 0 Å². The lowest BCUT2D eigenvalue weighted by molar-refractivity contribution is 0.530. The molecule has 1 fully saturated rings. The minimum Gasteiger partial charge on any atom is -0.310 e. The van der Waals surface area contributed by atoms with E-state index in [1.54, 1.807) is 4.68 Å². The molecule has 0 aromatic carbocycles. The van der Waals surface area contributed by atoms with E-state index in [0.29, 0.717) is 4.75 Å². The van der Waals surface area contributed by atoms with E-state index in [-0.39, 0.29) is 0 Å². The second-order valence-corrected chi connectivity index (χ2v) is 5.86. The van der Waals surface area contributed by atoms with Crippen LogP contribution in [0.5, 0.6) is 0 Å². The molecule has 0 radical (unpaired) electrons. The van der Waals surface area contributed by atoms with Gasteiger partial charge in [-0.3, -0.25) is 4.68 Å². The summed E-state index contributed by atoms with van der Waals surface area (Å²) in [5.41, 5.74) is 1.02. The van der Waals surface area contributed by atoms with Crippen molar-refractivity contribution < 1.29 is 0 Å². The molecule has 0 bridgehead atoms. The van der Waals surface area contributed by atoms with E-state index >= 15 is 0 Å². The number of hydrogen-bond acceptors (Lipinski definition) is 4. The van der Waals surface area contributed by atoms with Crippen LogP contribution in [0, 0.1) is 0 Å². The predicted octanol–water partition coefficient (Wildman–Crippen LogP) is 1.58. The van der Waals surface area contributed by atoms with Gasteiger partial charge in [-0.2, -0.15) is 11.8 Å². The van der Waals surface area contributed by atoms with Gasteiger partial charge in [0.05, 0.1) is 5.69 Å². The highest BCUT2D eigenvalue weighted by molar-refractivity contribution is 8.00. The summed E-state index contributed by atoms with van der Waals surface area (Å²) in [6.07, 6.45) is 9.66. The Balaban J connectivity index is 1.78. The highest BCUT2D eigenvalue weighted by Gasteiger charge is 2.32. The summed E-state index contributed by atoms with van der Waals surface area (Å²) in [4.78, 5) is 0. The molecule has 0 atom stereocenters. The zero-order chi connectivity index (χ0) is 11.4. The molecule has 0 unspecified atom stereocenters. The van der Waals surface area contributed by atoms with Gasteiger partial charge in [0, 0.05) is 31.1 Å². The Morgan fingerprint density at radius 1 is 1.50 bits per heavy atom. The standard InChI is InChI=1S/C11H20N4S/c1-15-8-10(13-14-15)7-12-9-11(16-2)5-3-4-6-11/h8,12H,3-7,9H2,1-2H3. The van der Waals surface area contributed by atoms with Crippen LogP contribution in [-0.2, 0) is 13.6 Å². The fourth-order valence-electron chi connectivity index (χ4n) is 2.37. The van der Waals surface area contributed by atoms with Crippen LogP contribution in [0.25, 0.3) is 0 Å². The van der Waals surface area contributed by atoms with Crippen LogP contribution in [-0.4, -0.2) is 32.5 Å². The molecular formula is C11H20N4S. The first-order chi connectivity index (χ1) is 7.74. The highest BCUT2D eigenvalue weighted by Crippen LogP contribution is 2.39. The molecule has 1 aliphatic rings. The van der Waals surface area contributed by atoms with Gasteiger partial charge in [0.1, 0.15) is 0 Å². The minimum atomic E-state index is 0.474. The van der Waals surface area contributed by atoms with Gasteiger partial charge in [-0.25, -0.2) is 0 Å². The maximum absolute atomic E-state index is 4.07. The topological polar surface area (TPSA) is 42.7 Å². The third-order valence-electron chi connectivity index (χ3n) is 3.35. The normalized spacial score (nSPS) is 19.1. The Bertz CT molecular complexity index is 330. The molecule has 5 heteroatoms. The van der Waals surface area contributed by atoms with E-state index in [1.807, 2.05) is 25.0 Å². The number of aromatic nitrogens is 3. The monoisotopic (exact) mass is 240 g/mol. The first-order valence-corrected chi connectivity index (χ1v) is 7.08. The molecule has 0 saturated heterocycles. The smallest absolute Gasteiger partial charge is 0.0964 e. The van der Waals surface area contributed by atoms with Gasteiger partial charge in [-0.15, -0.1) is 5.10 Å². The molecule has 1 aromatic heterocycles. The van der Waals surface area contributed by atoms with Gasteiger partial charge in [0.2, 0.25) is 0 Å². The second-order valence-electron chi connectivity index (χ2n) is 4.58. The summed E-state index contributed by atoms with van der Waals surface area (Å²) >= 11 is 2.02. The van der Waals surface area contributed by atoms with Crippen LogP contribution in [0.3, 0.4) is 0 Å². The third-order valence-corrected chi connectivity index (χ3v) is 4.77. The summed E-state index contributed by atoms with van der Waals surface area (Å²) in [5.74, 6) is 0. The van der Waals surface area contributed by atoms with Gasteiger partial charge in [-0.05, 0) is 19.1 Å². The predicted molar refractivity (Wildman–Crippen MR) is 67.4 cm³/mol. The Morgan fingerprint density at radius 3 is 2.81 bits per heavy atom. The molecule has 2 rings (SSSR count). The second kappa shape index (κ2) is 5.19. The van der Waals surface area contributed by atoms with Crippen molar-refractivity contribution >= 4 is 11.8 Å². The van der Waals surface area contributed by atoms with Crippen molar-refractivity contribution in [2.24, 2.45) is 7.05 Å². The maximum atomic E-state index is 4.07. The van der Waals surface area contributed by atoms with Crippen LogP contribution in [0.15, 0.2) is 6.20 Å². The minimum absolute atomic E-state index is 0.474. The molecule has 0 aliphatic heterocycles. The molecule has 4 nitrogen and oxygen atoms in total. The quantitative estimate of drug-likeness (QED) is 0.848. The summed E-state index contributed by atoms with van der Waals surface area (Å²) in [5, 5.41) is 11.5. The molecule has 1 aliphatic carbocycles. The van der Waals surface area contributed by atoms with Crippen LogP contribution >= 0.6 is 11.8 Å². The molecule has 0 spiro atoms. The van der Waals surface area contributed by atoms with Gasteiger partial charge in [0.15, 0.2) is 0 Å². The van der Waals surface area contributed by atoms with Crippen LogP contribution in [0.4, 0.5) is 0 Å². The van der Waals surface area contributed by atoms with Crippen LogP contribution in [0.2, 0.25) is 0 Å². The largest absolute Gasteiger partial charge is 0.310 e. The molecule has 90 valence electrons. The molecule has 1 N–H and O–H groups in total. The molecule has 0 amide bonds. The number of nitrogens with zero attached hydrogens (tertiary/aromatic N) is 3. The highest BCUT2D eigenvalue weighted by atomic mass is 32.2. The maximum Gasteiger partial charge on any atom is 0.0964 e. The van der Waals surface area contributed by atoms with Crippen molar-refractivity contribution in [3.63, 3.8) is 0 Å². The number of thioether (sulfide) groups is 1. The zero-order valence-electron chi connectivity index (χ0n) is 10.1. The number of aryl methyl sites for hydroxylation is 1. The number of nitrogens with one attached hydrogen (secondary N) is 1. The first-order valence-electron chi connectivity index (χ1n) is 5.85. The third kappa shape index (κ3) is 2.77. The van der Waals surface area contributed by atoms with Crippen LogP contribution in [0.1, 0.15) is 31.4 Å². The Labute approximate surface area is 101 Å². The van der Waals surface area contributed by atoms with Gasteiger partial charge < -0.3 is 5.32 Å². The number of hydrogen-bond donors (Lipinski definition) is 1.